The van der Waals surface area contributed by atoms with Crippen LogP contribution in [0.5, 0.6) is 5.75 Å². The molecule has 1 aliphatic rings. The van der Waals surface area contributed by atoms with Gasteiger partial charge in [-0.1, -0.05) is 18.2 Å². The minimum atomic E-state index is -3.77. The summed E-state index contributed by atoms with van der Waals surface area (Å²) in [6.07, 6.45) is 1.63. The zero-order valence-corrected chi connectivity index (χ0v) is 20.3. The maximum Gasteiger partial charge on any atom is 0.254 e. The summed E-state index contributed by atoms with van der Waals surface area (Å²) in [6.45, 7) is 4.76. The fourth-order valence-corrected chi connectivity index (χ4v) is 5.59. The molecule has 1 aliphatic heterocycles. The lowest BCUT2D eigenvalue weighted by Gasteiger charge is -2.26. The van der Waals surface area contributed by atoms with Crippen LogP contribution in [0.25, 0.3) is 11.5 Å². The summed E-state index contributed by atoms with van der Waals surface area (Å²) in [6, 6.07) is 13.7. The number of hydrogen-bond donors (Lipinski definition) is 0. The third-order valence-corrected chi connectivity index (χ3v) is 7.69. The maximum absolute atomic E-state index is 13.5. The van der Waals surface area contributed by atoms with Crippen molar-refractivity contribution < 1.29 is 22.4 Å². The lowest BCUT2D eigenvalue weighted by atomic mass is 10.1. The molecule has 0 atom stereocenters. The quantitative estimate of drug-likeness (QED) is 0.481. The van der Waals surface area contributed by atoms with Crippen LogP contribution in [0.1, 0.15) is 42.9 Å². The summed E-state index contributed by atoms with van der Waals surface area (Å²) in [5.41, 5.74) is 1.03. The van der Waals surface area contributed by atoms with E-state index in [4.69, 9.17) is 9.15 Å². The lowest BCUT2D eigenvalue weighted by Crippen LogP contribution is -2.36. The van der Waals surface area contributed by atoms with E-state index in [2.05, 4.69) is 10.2 Å². The Morgan fingerprint density at radius 1 is 1.12 bits per heavy atom. The molecule has 34 heavy (non-hydrogen) atoms. The molecule has 1 saturated heterocycles. The number of amides is 1. The molecule has 2 heterocycles. The van der Waals surface area contributed by atoms with Gasteiger partial charge in [-0.05, 0) is 57.0 Å². The molecule has 0 bridgehead atoms. The van der Waals surface area contributed by atoms with Crippen LogP contribution in [-0.4, -0.2) is 60.0 Å². The van der Waals surface area contributed by atoms with Crippen molar-refractivity contribution >= 4 is 15.9 Å². The van der Waals surface area contributed by atoms with E-state index in [0.29, 0.717) is 24.9 Å². The second kappa shape index (κ2) is 9.94. The van der Waals surface area contributed by atoms with Gasteiger partial charge in [0, 0.05) is 30.3 Å². The predicted octanol–water partition coefficient (Wildman–Crippen LogP) is 3.58. The number of sulfonamides is 1. The molecular weight excluding hydrogens is 456 g/mol. The number of methoxy groups -OCH3 is 1. The number of benzene rings is 2. The number of hydrogen-bond acceptors (Lipinski definition) is 7. The molecule has 1 aromatic heterocycles. The molecule has 1 fully saturated rings. The van der Waals surface area contributed by atoms with Crippen molar-refractivity contribution in [3.8, 4) is 17.2 Å². The molecule has 10 heteroatoms. The largest absolute Gasteiger partial charge is 0.495 e. The Kier molecular flexibility index (Phi) is 6.99. The van der Waals surface area contributed by atoms with E-state index in [1.165, 1.54) is 23.5 Å². The zero-order valence-electron chi connectivity index (χ0n) is 19.5. The highest BCUT2D eigenvalue weighted by Crippen LogP contribution is 2.30. The van der Waals surface area contributed by atoms with E-state index >= 15 is 0 Å². The van der Waals surface area contributed by atoms with Crippen LogP contribution >= 0.6 is 0 Å². The van der Waals surface area contributed by atoms with Crippen molar-refractivity contribution in [1.29, 1.82) is 0 Å². The first kappa shape index (κ1) is 23.9. The van der Waals surface area contributed by atoms with Gasteiger partial charge in [0.2, 0.25) is 21.8 Å². The molecule has 1 amide bonds. The molecule has 9 nitrogen and oxygen atoms in total. The van der Waals surface area contributed by atoms with E-state index in [-0.39, 0.29) is 34.7 Å². The predicted molar refractivity (Wildman–Crippen MR) is 126 cm³/mol. The normalized spacial score (nSPS) is 14.5. The van der Waals surface area contributed by atoms with E-state index in [0.717, 1.165) is 18.4 Å². The average molecular weight is 485 g/mol. The fourth-order valence-electron chi connectivity index (χ4n) is 3.89. The van der Waals surface area contributed by atoms with Gasteiger partial charge in [0.15, 0.2) is 0 Å². The van der Waals surface area contributed by atoms with Crippen molar-refractivity contribution in [1.82, 2.24) is 19.4 Å². The van der Waals surface area contributed by atoms with Gasteiger partial charge in [0.05, 0.1) is 13.7 Å². The summed E-state index contributed by atoms with van der Waals surface area (Å²) in [5.74, 6) is 0.536. The Morgan fingerprint density at radius 3 is 2.47 bits per heavy atom. The van der Waals surface area contributed by atoms with Gasteiger partial charge in [-0.2, -0.15) is 4.31 Å². The van der Waals surface area contributed by atoms with Crippen LogP contribution in [0.15, 0.2) is 57.8 Å². The second-order valence-corrected chi connectivity index (χ2v) is 10.3. The summed E-state index contributed by atoms with van der Waals surface area (Å²) >= 11 is 0. The molecule has 0 aliphatic carbocycles. The van der Waals surface area contributed by atoms with E-state index in [1.807, 2.05) is 44.2 Å². The van der Waals surface area contributed by atoms with Crippen LogP contribution in [-0.2, 0) is 16.6 Å². The Balaban J connectivity index is 1.61. The van der Waals surface area contributed by atoms with Gasteiger partial charge in [-0.3, -0.25) is 4.79 Å². The van der Waals surface area contributed by atoms with Gasteiger partial charge in [0.25, 0.3) is 5.91 Å². The van der Waals surface area contributed by atoms with Crippen LogP contribution in [0.3, 0.4) is 0 Å². The summed E-state index contributed by atoms with van der Waals surface area (Å²) in [5, 5.41) is 8.18. The Bertz CT molecular complexity index is 1250. The molecular formula is C24H28N4O5S. The SMILES string of the molecule is COc1ccc(C(=O)N(Cc2nnc(-c3ccccc3)o2)C(C)C)cc1S(=O)(=O)N1CCCC1. The molecule has 2 aromatic carbocycles. The summed E-state index contributed by atoms with van der Waals surface area (Å²) in [7, 11) is -2.36. The first-order valence-electron chi connectivity index (χ1n) is 11.2. The smallest absolute Gasteiger partial charge is 0.254 e. The van der Waals surface area contributed by atoms with Crippen LogP contribution in [0.2, 0.25) is 0 Å². The van der Waals surface area contributed by atoms with Crippen molar-refractivity contribution in [3.63, 3.8) is 0 Å². The first-order chi connectivity index (χ1) is 16.3. The fraction of sp³-hybridized carbons (Fsp3) is 0.375. The second-order valence-electron chi connectivity index (χ2n) is 8.37. The third-order valence-electron chi connectivity index (χ3n) is 5.77. The number of nitrogens with zero attached hydrogens (tertiary/aromatic N) is 4. The standard InChI is InChI=1S/C24H28N4O5S/c1-17(2)28(16-22-25-26-23(33-22)18-9-5-4-6-10-18)24(29)19-11-12-20(32-3)21(15-19)34(30,31)27-13-7-8-14-27/h4-6,9-12,15,17H,7-8,13-14,16H2,1-3H3. The highest BCUT2D eigenvalue weighted by atomic mass is 32.2. The molecule has 4 rings (SSSR count). The van der Waals surface area contributed by atoms with Crippen molar-refractivity contribution in [2.45, 2.75) is 44.2 Å². The molecule has 0 spiro atoms. The Hall–Kier alpha value is -3.24. The number of ether oxygens (including phenoxy) is 1. The summed E-state index contributed by atoms with van der Waals surface area (Å²) < 4.78 is 38.9. The minimum absolute atomic E-state index is 0.00406. The topological polar surface area (TPSA) is 106 Å². The molecule has 180 valence electrons. The highest BCUT2D eigenvalue weighted by molar-refractivity contribution is 7.89. The van der Waals surface area contributed by atoms with Crippen LogP contribution in [0.4, 0.5) is 0 Å². The van der Waals surface area contributed by atoms with E-state index in [1.54, 1.807) is 11.0 Å². The number of rotatable bonds is 8. The minimum Gasteiger partial charge on any atom is -0.495 e. The van der Waals surface area contributed by atoms with Crippen LogP contribution < -0.4 is 4.74 Å². The first-order valence-corrected chi connectivity index (χ1v) is 12.6. The van der Waals surface area contributed by atoms with Crippen molar-refractivity contribution in [2.75, 3.05) is 20.2 Å². The van der Waals surface area contributed by atoms with Gasteiger partial charge in [-0.15, -0.1) is 10.2 Å². The molecule has 0 unspecified atom stereocenters. The molecule has 0 radical (unpaired) electrons. The van der Waals surface area contributed by atoms with E-state index < -0.39 is 10.0 Å². The van der Waals surface area contributed by atoms with Gasteiger partial charge < -0.3 is 14.1 Å². The van der Waals surface area contributed by atoms with Crippen molar-refractivity contribution in [2.24, 2.45) is 0 Å². The third kappa shape index (κ3) is 4.83. The number of aromatic nitrogens is 2. The summed E-state index contributed by atoms with van der Waals surface area (Å²) in [4.78, 5) is 15.0. The Labute approximate surface area is 199 Å². The van der Waals surface area contributed by atoms with Crippen molar-refractivity contribution in [3.05, 3.63) is 60.0 Å². The van der Waals surface area contributed by atoms with Gasteiger partial charge in [0.1, 0.15) is 10.6 Å². The van der Waals surface area contributed by atoms with Crippen LogP contribution in [0, 0.1) is 0 Å². The number of carbonyl (C=O) groups is 1. The van der Waals surface area contributed by atoms with Gasteiger partial charge >= 0.3 is 0 Å². The maximum atomic E-state index is 13.5. The highest BCUT2D eigenvalue weighted by Gasteiger charge is 2.31. The van der Waals surface area contributed by atoms with E-state index in [9.17, 15) is 13.2 Å². The molecule has 3 aromatic rings. The van der Waals surface area contributed by atoms with Gasteiger partial charge in [-0.25, -0.2) is 8.42 Å². The lowest BCUT2D eigenvalue weighted by molar-refractivity contribution is 0.0672. The Morgan fingerprint density at radius 2 is 1.82 bits per heavy atom. The number of carbonyl (C=O) groups excluding carboxylic acids is 1. The molecule has 0 saturated carbocycles. The monoisotopic (exact) mass is 484 g/mol. The molecule has 0 N–H and O–H groups in total. The average Bonchev–Trinajstić information content (AvgIpc) is 3.55. The zero-order chi connectivity index (χ0) is 24.3.